The Morgan fingerprint density at radius 3 is 2.26 bits per heavy atom. The van der Waals surface area contributed by atoms with E-state index in [1.54, 1.807) is 42.2 Å². The number of amides is 3. The molecule has 0 spiro atoms. The van der Waals surface area contributed by atoms with E-state index in [1.807, 2.05) is 23.1 Å². The molecule has 6 nitrogen and oxygen atoms in total. The van der Waals surface area contributed by atoms with Crippen molar-refractivity contribution in [1.29, 1.82) is 0 Å². The second kappa shape index (κ2) is 8.53. The van der Waals surface area contributed by atoms with Crippen LogP contribution in [0.3, 0.4) is 0 Å². The molecule has 0 saturated carbocycles. The Bertz CT molecular complexity index is 792. The molecule has 3 rings (SSSR count). The summed E-state index contributed by atoms with van der Waals surface area (Å²) in [5.41, 5.74) is 1.21. The Kier molecular flexibility index (Phi) is 5.90. The van der Waals surface area contributed by atoms with E-state index in [9.17, 15) is 14.0 Å². The average molecular weight is 370 g/mol. The number of hydrogen-bond donors (Lipinski definition) is 2. The number of carbonyl (C=O) groups excluding carboxylic acids is 2. The van der Waals surface area contributed by atoms with Crippen molar-refractivity contribution in [3.63, 3.8) is 0 Å². The number of nitrogens with zero attached hydrogens (tertiary/aromatic N) is 2. The smallest absolute Gasteiger partial charge is 0.319 e. The van der Waals surface area contributed by atoms with Crippen LogP contribution in [0.4, 0.5) is 20.6 Å². The predicted octanol–water partition coefficient (Wildman–Crippen LogP) is 2.68. The molecule has 3 amide bonds. The number of para-hydroxylation sites is 2. The highest BCUT2D eigenvalue weighted by molar-refractivity contribution is 5.93. The van der Waals surface area contributed by atoms with Gasteiger partial charge >= 0.3 is 6.03 Å². The molecule has 1 aliphatic rings. The van der Waals surface area contributed by atoms with Crippen molar-refractivity contribution < 1.29 is 14.0 Å². The van der Waals surface area contributed by atoms with Crippen molar-refractivity contribution in [2.45, 2.75) is 13.0 Å². The summed E-state index contributed by atoms with van der Waals surface area (Å²) in [5, 5.41) is 5.36. The minimum Gasteiger partial charge on any atom is -0.366 e. The van der Waals surface area contributed by atoms with Crippen LogP contribution in [0.1, 0.15) is 6.92 Å². The van der Waals surface area contributed by atoms with Crippen molar-refractivity contribution in [2.24, 2.45) is 0 Å². The molecule has 0 bridgehead atoms. The van der Waals surface area contributed by atoms with Crippen molar-refractivity contribution in [2.75, 3.05) is 36.4 Å². The van der Waals surface area contributed by atoms with Gasteiger partial charge in [-0.05, 0) is 31.2 Å². The third-order valence-corrected chi connectivity index (χ3v) is 4.53. The first kappa shape index (κ1) is 18.7. The first-order valence-electron chi connectivity index (χ1n) is 8.95. The molecule has 1 saturated heterocycles. The van der Waals surface area contributed by atoms with Gasteiger partial charge in [-0.15, -0.1) is 0 Å². The molecule has 0 radical (unpaired) electrons. The van der Waals surface area contributed by atoms with E-state index >= 15 is 0 Å². The normalized spacial score (nSPS) is 15.2. The molecule has 2 N–H and O–H groups in total. The number of halogens is 1. The maximum absolute atomic E-state index is 13.9. The highest BCUT2D eigenvalue weighted by Crippen LogP contribution is 2.20. The standard InChI is InChI=1S/C20H23FN4O2/c1-15(22-20(27)23-16-7-3-2-4-8-16)19(26)25-13-11-24(12-14-25)18-10-6-5-9-17(18)21/h2-10,15H,11-14H2,1H3,(H2,22,23,27). The van der Waals surface area contributed by atoms with E-state index in [1.165, 1.54) is 6.07 Å². The van der Waals surface area contributed by atoms with Crippen LogP contribution < -0.4 is 15.5 Å². The number of benzene rings is 2. The summed E-state index contributed by atoms with van der Waals surface area (Å²) in [6.45, 7) is 3.74. The molecule has 1 unspecified atom stereocenters. The number of rotatable bonds is 4. The van der Waals surface area contributed by atoms with Crippen LogP contribution in [0.2, 0.25) is 0 Å². The van der Waals surface area contributed by atoms with Gasteiger partial charge in [0.25, 0.3) is 0 Å². The van der Waals surface area contributed by atoms with Gasteiger partial charge in [-0.3, -0.25) is 4.79 Å². The molecule has 142 valence electrons. The average Bonchev–Trinajstić information content (AvgIpc) is 2.68. The number of hydrogen-bond acceptors (Lipinski definition) is 3. The van der Waals surface area contributed by atoms with E-state index < -0.39 is 12.1 Å². The zero-order valence-electron chi connectivity index (χ0n) is 15.2. The molecule has 0 aromatic heterocycles. The summed E-state index contributed by atoms with van der Waals surface area (Å²) in [6, 6.07) is 14.6. The lowest BCUT2D eigenvalue weighted by molar-refractivity contribution is -0.133. The monoisotopic (exact) mass is 370 g/mol. The minimum absolute atomic E-state index is 0.147. The van der Waals surface area contributed by atoms with Gasteiger partial charge in [0.15, 0.2) is 0 Å². The van der Waals surface area contributed by atoms with Gasteiger partial charge in [-0.25, -0.2) is 9.18 Å². The van der Waals surface area contributed by atoms with E-state index in [-0.39, 0.29) is 11.7 Å². The fraction of sp³-hybridized carbons (Fsp3) is 0.300. The molecule has 1 heterocycles. The number of piperazine rings is 1. The third kappa shape index (κ3) is 4.75. The van der Waals surface area contributed by atoms with Crippen LogP contribution in [-0.4, -0.2) is 49.1 Å². The van der Waals surface area contributed by atoms with Gasteiger partial charge in [0.1, 0.15) is 11.9 Å². The highest BCUT2D eigenvalue weighted by atomic mass is 19.1. The second-order valence-electron chi connectivity index (χ2n) is 6.45. The lowest BCUT2D eigenvalue weighted by Gasteiger charge is -2.37. The van der Waals surface area contributed by atoms with Gasteiger partial charge in [0.2, 0.25) is 5.91 Å². The van der Waals surface area contributed by atoms with Crippen LogP contribution in [0.5, 0.6) is 0 Å². The Balaban J connectivity index is 1.50. The molecule has 2 aromatic carbocycles. The third-order valence-electron chi connectivity index (χ3n) is 4.53. The van der Waals surface area contributed by atoms with Gasteiger partial charge in [0.05, 0.1) is 5.69 Å². The zero-order chi connectivity index (χ0) is 19.2. The molecule has 2 aromatic rings. The first-order valence-corrected chi connectivity index (χ1v) is 8.95. The van der Waals surface area contributed by atoms with Crippen LogP contribution in [0.15, 0.2) is 54.6 Å². The van der Waals surface area contributed by atoms with Crippen molar-refractivity contribution in [3.8, 4) is 0 Å². The largest absolute Gasteiger partial charge is 0.366 e. The molecule has 1 atom stereocenters. The Morgan fingerprint density at radius 2 is 1.59 bits per heavy atom. The number of anilines is 2. The molecule has 0 aliphatic carbocycles. The maximum atomic E-state index is 13.9. The predicted molar refractivity (Wildman–Crippen MR) is 103 cm³/mol. The molecule has 1 fully saturated rings. The maximum Gasteiger partial charge on any atom is 0.319 e. The summed E-state index contributed by atoms with van der Waals surface area (Å²) in [4.78, 5) is 28.3. The van der Waals surface area contributed by atoms with Crippen molar-refractivity contribution in [3.05, 3.63) is 60.4 Å². The summed E-state index contributed by atoms with van der Waals surface area (Å²) < 4.78 is 13.9. The summed E-state index contributed by atoms with van der Waals surface area (Å²) in [6.07, 6.45) is 0. The Labute approximate surface area is 158 Å². The summed E-state index contributed by atoms with van der Waals surface area (Å²) >= 11 is 0. The summed E-state index contributed by atoms with van der Waals surface area (Å²) in [5.74, 6) is -0.406. The topological polar surface area (TPSA) is 64.7 Å². The van der Waals surface area contributed by atoms with E-state index in [2.05, 4.69) is 10.6 Å². The van der Waals surface area contributed by atoms with E-state index in [4.69, 9.17) is 0 Å². The Morgan fingerprint density at radius 1 is 0.963 bits per heavy atom. The summed E-state index contributed by atoms with van der Waals surface area (Å²) in [7, 11) is 0. The molecular weight excluding hydrogens is 347 g/mol. The van der Waals surface area contributed by atoms with Crippen molar-refractivity contribution in [1.82, 2.24) is 10.2 Å². The van der Waals surface area contributed by atoms with Crippen LogP contribution >= 0.6 is 0 Å². The van der Waals surface area contributed by atoms with Crippen molar-refractivity contribution >= 4 is 23.3 Å². The molecule has 7 heteroatoms. The van der Waals surface area contributed by atoms with Gasteiger partial charge < -0.3 is 20.4 Å². The van der Waals surface area contributed by atoms with Gasteiger partial charge in [-0.1, -0.05) is 30.3 Å². The fourth-order valence-electron chi connectivity index (χ4n) is 3.10. The molecule has 1 aliphatic heterocycles. The lowest BCUT2D eigenvalue weighted by atomic mass is 10.2. The molecule has 27 heavy (non-hydrogen) atoms. The fourth-order valence-corrected chi connectivity index (χ4v) is 3.10. The number of carbonyl (C=O) groups is 2. The van der Waals surface area contributed by atoms with Gasteiger partial charge in [-0.2, -0.15) is 0 Å². The van der Waals surface area contributed by atoms with Crippen LogP contribution in [-0.2, 0) is 4.79 Å². The van der Waals surface area contributed by atoms with Crippen LogP contribution in [0, 0.1) is 5.82 Å². The second-order valence-corrected chi connectivity index (χ2v) is 6.45. The SMILES string of the molecule is CC(NC(=O)Nc1ccccc1)C(=O)N1CCN(c2ccccc2F)CC1. The molecular formula is C20H23FN4O2. The highest BCUT2D eigenvalue weighted by Gasteiger charge is 2.26. The Hall–Kier alpha value is -3.09. The van der Waals surface area contributed by atoms with E-state index in [0.717, 1.165) is 0 Å². The zero-order valence-corrected chi connectivity index (χ0v) is 15.2. The van der Waals surface area contributed by atoms with Gasteiger partial charge in [0, 0.05) is 31.9 Å². The lowest BCUT2D eigenvalue weighted by Crippen LogP contribution is -2.54. The first-order chi connectivity index (χ1) is 13.0. The number of nitrogens with one attached hydrogen (secondary N) is 2. The quantitative estimate of drug-likeness (QED) is 0.870. The van der Waals surface area contributed by atoms with Crippen LogP contribution in [0.25, 0.3) is 0 Å². The number of urea groups is 1. The minimum atomic E-state index is -0.645. The van der Waals surface area contributed by atoms with E-state index in [0.29, 0.717) is 37.6 Å².